The van der Waals surface area contributed by atoms with Crippen molar-refractivity contribution in [3.05, 3.63) is 35.9 Å². The molecule has 3 atom stereocenters. The number of carbonyl (C=O) groups excluding carboxylic acids is 1. The molecule has 0 unspecified atom stereocenters. The number of morpholine rings is 1. The maximum Gasteiger partial charge on any atom is 0.224 e. The summed E-state index contributed by atoms with van der Waals surface area (Å²) >= 11 is 0. The number of nitrogens with one attached hydrogen (secondary N) is 1. The van der Waals surface area contributed by atoms with Crippen LogP contribution >= 0.6 is 0 Å². The molecular formula is C21H31N3O2. The average Bonchev–Trinajstić information content (AvgIpc) is 3.29. The molecule has 1 aromatic carbocycles. The van der Waals surface area contributed by atoms with Crippen molar-refractivity contribution in [3.8, 4) is 0 Å². The van der Waals surface area contributed by atoms with Crippen molar-refractivity contribution in [3.63, 3.8) is 0 Å². The Morgan fingerprint density at radius 1 is 1.15 bits per heavy atom. The van der Waals surface area contributed by atoms with Crippen LogP contribution in [0.25, 0.3) is 0 Å². The van der Waals surface area contributed by atoms with Crippen LogP contribution in [-0.4, -0.2) is 67.7 Å². The molecule has 0 bridgehead atoms. The lowest BCUT2D eigenvalue weighted by Crippen LogP contribution is -2.40. The first kappa shape index (κ1) is 18.0. The molecule has 3 fully saturated rings. The van der Waals surface area contributed by atoms with Crippen LogP contribution < -0.4 is 5.32 Å². The number of ether oxygens (including phenoxy) is 1. The Kier molecular flexibility index (Phi) is 5.88. The zero-order valence-electron chi connectivity index (χ0n) is 15.6. The van der Waals surface area contributed by atoms with E-state index in [0.29, 0.717) is 12.1 Å². The Labute approximate surface area is 156 Å². The van der Waals surface area contributed by atoms with Gasteiger partial charge in [0.1, 0.15) is 0 Å². The molecule has 5 nitrogen and oxygen atoms in total. The van der Waals surface area contributed by atoms with E-state index in [4.69, 9.17) is 4.74 Å². The molecular weight excluding hydrogens is 326 g/mol. The number of benzene rings is 1. The molecule has 3 heterocycles. The highest BCUT2D eigenvalue weighted by atomic mass is 16.5. The molecule has 0 spiro atoms. The van der Waals surface area contributed by atoms with Crippen LogP contribution in [0.1, 0.15) is 37.3 Å². The van der Waals surface area contributed by atoms with Gasteiger partial charge in [-0.1, -0.05) is 30.3 Å². The molecule has 26 heavy (non-hydrogen) atoms. The third-order valence-corrected chi connectivity index (χ3v) is 6.26. The molecule has 0 saturated carbocycles. The standard InChI is InChI=1S/C21H31N3O2/c25-21(22-9-5-10-23-12-14-26-15-13-23)18-16-20(17-6-2-1-3-7-17)24-11-4-8-19(18)24/h1-3,6-7,18-20H,4-5,8-16H2,(H,22,25)/t18-,19+,20-/m0/s1. The van der Waals surface area contributed by atoms with Crippen molar-refractivity contribution in [2.24, 2.45) is 5.92 Å². The molecule has 3 saturated heterocycles. The maximum atomic E-state index is 12.8. The monoisotopic (exact) mass is 357 g/mol. The summed E-state index contributed by atoms with van der Waals surface area (Å²) in [5.74, 6) is 0.411. The second-order valence-electron chi connectivity index (χ2n) is 7.81. The molecule has 142 valence electrons. The van der Waals surface area contributed by atoms with Crippen LogP contribution in [0.5, 0.6) is 0 Å². The van der Waals surface area contributed by atoms with Gasteiger partial charge in [-0.25, -0.2) is 0 Å². The largest absolute Gasteiger partial charge is 0.379 e. The van der Waals surface area contributed by atoms with Crippen LogP contribution in [0, 0.1) is 5.92 Å². The van der Waals surface area contributed by atoms with E-state index < -0.39 is 0 Å². The van der Waals surface area contributed by atoms with Gasteiger partial charge in [-0.05, 0) is 44.3 Å². The predicted octanol–water partition coefficient (Wildman–Crippen LogP) is 2.05. The van der Waals surface area contributed by atoms with Crippen molar-refractivity contribution >= 4 is 5.91 Å². The van der Waals surface area contributed by atoms with Gasteiger partial charge in [-0.2, -0.15) is 0 Å². The first-order valence-corrected chi connectivity index (χ1v) is 10.2. The summed E-state index contributed by atoms with van der Waals surface area (Å²) < 4.78 is 5.38. The molecule has 5 heteroatoms. The summed E-state index contributed by atoms with van der Waals surface area (Å²) in [5, 5.41) is 3.23. The van der Waals surface area contributed by atoms with Gasteiger partial charge in [-0.3, -0.25) is 14.6 Å². The van der Waals surface area contributed by atoms with Crippen LogP contribution in [0.3, 0.4) is 0 Å². The minimum absolute atomic E-state index is 0.145. The molecule has 1 N–H and O–H groups in total. The number of rotatable bonds is 6. The molecule has 1 amide bonds. The number of nitrogens with zero attached hydrogens (tertiary/aromatic N) is 2. The van der Waals surface area contributed by atoms with Crippen LogP contribution in [0.4, 0.5) is 0 Å². The highest BCUT2D eigenvalue weighted by molar-refractivity contribution is 5.80. The fourth-order valence-electron chi connectivity index (χ4n) is 4.92. The van der Waals surface area contributed by atoms with Crippen molar-refractivity contribution < 1.29 is 9.53 Å². The molecule has 3 aliphatic rings. The van der Waals surface area contributed by atoms with Gasteiger partial charge in [0.05, 0.1) is 19.1 Å². The van der Waals surface area contributed by atoms with Crippen LogP contribution in [0.15, 0.2) is 30.3 Å². The number of carbonyl (C=O) groups is 1. The summed E-state index contributed by atoms with van der Waals surface area (Å²) in [7, 11) is 0. The van der Waals surface area contributed by atoms with Gasteiger partial charge in [0.25, 0.3) is 0 Å². The molecule has 3 aliphatic heterocycles. The first-order valence-electron chi connectivity index (χ1n) is 10.2. The zero-order chi connectivity index (χ0) is 17.8. The molecule has 4 rings (SSSR count). The Balaban J connectivity index is 1.28. The normalized spacial score (nSPS) is 29.6. The summed E-state index contributed by atoms with van der Waals surface area (Å²) in [4.78, 5) is 17.8. The van der Waals surface area contributed by atoms with E-state index in [2.05, 4.69) is 45.4 Å². The summed E-state index contributed by atoms with van der Waals surface area (Å²) in [5.41, 5.74) is 1.36. The van der Waals surface area contributed by atoms with Gasteiger partial charge < -0.3 is 10.1 Å². The maximum absolute atomic E-state index is 12.8. The Morgan fingerprint density at radius 2 is 1.96 bits per heavy atom. The highest BCUT2D eigenvalue weighted by Crippen LogP contribution is 2.44. The zero-order valence-corrected chi connectivity index (χ0v) is 15.6. The number of amides is 1. The smallest absolute Gasteiger partial charge is 0.224 e. The fourth-order valence-corrected chi connectivity index (χ4v) is 4.92. The Hall–Kier alpha value is -1.43. The highest BCUT2D eigenvalue weighted by Gasteiger charge is 2.46. The molecule has 0 aromatic heterocycles. The summed E-state index contributed by atoms with van der Waals surface area (Å²) in [6.45, 7) is 6.69. The Bertz CT molecular complexity index is 588. The molecule has 0 aliphatic carbocycles. The third-order valence-electron chi connectivity index (χ3n) is 6.26. The van der Waals surface area contributed by atoms with Crippen molar-refractivity contribution in [2.75, 3.05) is 45.9 Å². The number of hydrogen-bond donors (Lipinski definition) is 1. The SMILES string of the molecule is O=C(NCCCN1CCOCC1)[C@H]1C[C@@H](c2ccccc2)N2CCC[C@H]12. The molecule has 1 aromatic rings. The minimum atomic E-state index is 0.145. The van der Waals surface area contributed by atoms with Gasteiger partial charge in [0, 0.05) is 31.7 Å². The minimum Gasteiger partial charge on any atom is -0.379 e. The van der Waals surface area contributed by atoms with E-state index in [-0.39, 0.29) is 11.8 Å². The van der Waals surface area contributed by atoms with E-state index >= 15 is 0 Å². The van der Waals surface area contributed by atoms with Crippen LogP contribution in [-0.2, 0) is 9.53 Å². The lowest BCUT2D eigenvalue weighted by atomic mass is 9.93. The van der Waals surface area contributed by atoms with E-state index in [0.717, 1.165) is 65.2 Å². The third kappa shape index (κ3) is 3.95. The van der Waals surface area contributed by atoms with Crippen molar-refractivity contribution in [1.29, 1.82) is 0 Å². The lowest BCUT2D eigenvalue weighted by molar-refractivity contribution is -0.125. The van der Waals surface area contributed by atoms with Crippen molar-refractivity contribution in [2.45, 2.75) is 37.8 Å². The van der Waals surface area contributed by atoms with Gasteiger partial charge in [0.2, 0.25) is 5.91 Å². The first-order chi connectivity index (χ1) is 12.8. The second-order valence-corrected chi connectivity index (χ2v) is 7.81. The van der Waals surface area contributed by atoms with E-state index in [1.54, 1.807) is 0 Å². The quantitative estimate of drug-likeness (QED) is 0.792. The van der Waals surface area contributed by atoms with Gasteiger partial charge in [-0.15, -0.1) is 0 Å². The van der Waals surface area contributed by atoms with E-state index in [1.165, 1.54) is 12.0 Å². The van der Waals surface area contributed by atoms with E-state index in [1.807, 2.05) is 0 Å². The number of fused-ring (bicyclic) bond motifs is 1. The average molecular weight is 357 g/mol. The van der Waals surface area contributed by atoms with Gasteiger partial charge >= 0.3 is 0 Å². The van der Waals surface area contributed by atoms with E-state index in [9.17, 15) is 4.79 Å². The van der Waals surface area contributed by atoms with Crippen LogP contribution in [0.2, 0.25) is 0 Å². The van der Waals surface area contributed by atoms with Gasteiger partial charge in [0.15, 0.2) is 0 Å². The Morgan fingerprint density at radius 3 is 2.77 bits per heavy atom. The van der Waals surface area contributed by atoms with Crippen molar-refractivity contribution in [1.82, 2.24) is 15.1 Å². The second kappa shape index (κ2) is 8.51. The topological polar surface area (TPSA) is 44.8 Å². The summed E-state index contributed by atoms with van der Waals surface area (Å²) in [6, 6.07) is 11.6. The molecule has 0 radical (unpaired) electrons. The fraction of sp³-hybridized carbons (Fsp3) is 0.667. The summed E-state index contributed by atoms with van der Waals surface area (Å²) in [6.07, 6.45) is 4.36. The predicted molar refractivity (Wildman–Crippen MR) is 102 cm³/mol. The lowest BCUT2D eigenvalue weighted by Gasteiger charge is -2.26. The number of hydrogen-bond acceptors (Lipinski definition) is 4.